The molecule has 0 amide bonds. The molecule has 3 nitrogen and oxygen atoms in total. The SMILES string of the molecule is N#CC1(c2cc(Cl)nc(Cl)c2)CCOCC1. The topological polar surface area (TPSA) is 45.9 Å². The number of aromatic nitrogens is 1. The standard InChI is InChI=1S/C11H10Cl2N2O/c12-9-5-8(6-10(13)15-9)11(7-14)1-3-16-4-2-11/h5-6H,1-4H2. The fraction of sp³-hybridized carbons (Fsp3) is 0.455. The van der Waals surface area contributed by atoms with Crippen LogP contribution in [-0.2, 0) is 10.2 Å². The minimum atomic E-state index is -0.533. The third-order valence-electron chi connectivity index (χ3n) is 2.88. The van der Waals surface area contributed by atoms with Gasteiger partial charge in [0.25, 0.3) is 0 Å². The smallest absolute Gasteiger partial charge is 0.131 e. The van der Waals surface area contributed by atoms with E-state index in [4.69, 9.17) is 27.9 Å². The van der Waals surface area contributed by atoms with E-state index in [2.05, 4.69) is 11.1 Å². The highest BCUT2D eigenvalue weighted by atomic mass is 35.5. The first kappa shape index (κ1) is 11.7. The zero-order valence-corrected chi connectivity index (χ0v) is 10.1. The van der Waals surface area contributed by atoms with Gasteiger partial charge in [-0.05, 0) is 30.5 Å². The first-order chi connectivity index (χ1) is 7.66. The van der Waals surface area contributed by atoms with Crippen LogP contribution in [0, 0.1) is 11.3 Å². The molecule has 16 heavy (non-hydrogen) atoms. The number of pyridine rings is 1. The third kappa shape index (κ3) is 2.15. The second-order valence-corrected chi connectivity index (χ2v) is 4.58. The number of halogens is 2. The Morgan fingerprint density at radius 3 is 2.31 bits per heavy atom. The van der Waals surface area contributed by atoms with Gasteiger partial charge < -0.3 is 4.74 Å². The highest BCUT2D eigenvalue weighted by Gasteiger charge is 2.35. The molecule has 0 unspecified atom stereocenters. The van der Waals surface area contributed by atoms with Gasteiger partial charge in [-0.2, -0.15) is 5.26 Å². The molecular weight excluding hydrogens is 247 g/mol. The Labute approximate surface area is 104 Å². The van der Waals surface area contributed by atoms with Crippen molar-refractivity contribution in [3.05, 3.63) is 28.0 Å². The highest BCUT2D eigenvalue weighted by Crippen LogP contribution is 2.35. The Morgan fingerprint density at radius 1 is 1.25 bits per heavy atom. The predicted molar refractivity (Wildman–Crippen MR) is 61.6 cm³/mol. The van der Waals surface area contributed by atoms with Crippen LogP contribution in [0.2, 0.25) is 10.3 Å². The van der Waals surface area contributed by atoms with Crippen molar-refractivity contribution in [1.29, 1.82) is 5.26 Å². The summed E-state index contributed by atoms with van der Waals surface area (Å²) in [5, 5.41) is 10.0. The normalized spacial score (nSPS) is 19.1. The molecule has 0 atom stereocenters. The van der Waals surface area contributed by atoms with Crippen molar-refractivity contribution in [2.24, 2.45) is 0 Å². The lowest BCUT2D eigenvalue weighted by molar-refractivity contribution is 0.0675. The molecule has 0 saturated carbocycles. The zero-order chi connectivity index (χ0) is 11.6. The number of hydrogen-bond acceptors (Lipinski definition) is 3. The van der Waals surface area contributed by atoms with Crippen LogP contribution < -0.4 is 0 Å². The van der Waals surface area contributed by atoms with Crippen LogP contribution in [0.3, 0.4) is 0 Å². The van der Waals surface area contributed by atoms with E-state index in [0.717, 1.165) is 5.56 Å². The summed E-state index contributed by atoms with van der Waals surface area (Å²) < 4.78 is 5.28. The van der Waals surface area contributed by atoms with Crippen LogP contribution in [0.4, 0.5) is 0 Å². The maximum atomic E-state index is 9.36. The summed E-state index contributed by atoms with van der Waals surface area (Å²) in [4.78, 5) is 3.88. The molecule has 1 fully saturated rings. The second-order valence-electron chi connectivity index (χ2n) is 3.81. The molecule has 1 aliphatic rings. The van der Waals surface area contributed by atoms with Crippen molar-refractivity contribution < 1.29 is 4.74 Å². The van der Waals surface area contributed by atoms with Crippen LogP contribution in [0.25, 0.3) is 0 Å². The van der Waals surface area contributed by atoms with E-state index in [-0.39, 0.29) is 0 Å². The fourth-order valence-electron chi connectivity index (χ4n) is 1.93. The monoisotopic (exact) mass is 256 g/mol. The summed E-state index contributed by atoms with van der Waals surface area (Å²) in [6, 6.07) is 5.78. The highest BCUT2D eigenvalue weighted by molar-refractivity contribution is 6.32. The lowest BCUT2D eigenvalue weighted by Crippen LogP contribution is -2.32. The van der Waals surface area contributed by atoms with Gasteiger partial charge in [0.15, 0.2) is 0 Å². The molecule has 0 aliphatic carbocycles. The minimum Gasteiger partial charge on any atom is -0.381 e. The van der Waals surface area contributed by atoms with E-state index in [0.29, 0.717) is 36.4 Å². The van der Waals surface area contributed by atoms with Crippen LogP contribution in [-0.4, -0.2) is 18.2 Å². The van der Waals surface area contributed by atoms with Crippen molar-refractivity contribution >= 4 is 23.2 Å². The average Bonchev–Trinajstić information content (AvgIpc) is 2.28. The van der Waals surface area contributed by atoms with Crippen LogP contribution >= 0.6 is 23.2 Å². The van der Waals surface area contributed by atoms with E-state index in [1.54, 1.807) is 12.1 Å². The molecule has 2 rings (SSSR count). The molecule has 1 aromatic heterocycles. The van der Waals surface area contributed by atoms with Gasteiger partial charge in [0.05, 0.1) is 11.5 Å². The first-order valence-corrected chi connectivity index (χ1v) is 5.74. The molecule has 0 spiro atoms. The van der Waals surface area contributed by atoms with Gasteiger partial charge >= 0.3 is 0 Å². The molecule has 0 bridgehead atoms. The molecule has 1 aliphatic heterocycles. The number of nitriles is 1. The van der Waals surface area contributed by atoms with Crippen molar-refractivity contribution in [3.63, 3.8) is 0 Å². The molecular formula is C11H10Cl2N2O. The number of rotatable bonds is 1. The summed E-state index contributed by atoms with van der Waals surface area (Å²) in [6.07, 6.45) is 1.33. The van der Waals surface area contributed by atoms with E-state index >= 15 is 0 Å². The lowest BCUT2D eigenvalue weighted by atomic mass is 9.76. The molecule has 0 radical (unpaired) electrons. The Hall–Kier alpha value is -0.820. The van der Waals surface area contributed by atoms with Gasteiger partial charge in [-0.15, -0.1) is 0 Å². The van der Waals surface area contributed by atoms with Crippen molar-refractivity contribution in [1.82, 2.24) is 4.98 Å². The largest absolute Gasteiger partial charge is 0.381 e. The Kier molecular flexibility index (Phi) is 3.34. The molecule has 5 heteroatoms. The summed E-state index contributed by atoms with van der Waals surface area (Å²) >= 11 is 11.7. The predicted octanol–water partition coefficient (Wildman–Crippen LogP) is 2.96. The summed E-state index contributed by atoms with van der Waals surface area (Å²) in [5.74, 6) is 0. The van der Waals surface area contributed by atoms with Gasteiger partial charge in [-0.3, -0.25) is 0 Å². The summed E-state index contributed by atoms with van der Waals surface area (Å²) in [7, 11) is 0. The van der Waals surface area contributed by atoms with Crippen LogP contribution in [0.5, 0.6) is 0 Å². The zero-order valence-electron chi connectivity index (χ0n) is 8.54. The first-order valence-electron chi connectivity index (χ1n) is 4.99. The molecule has 0 aromatic carbocycles. The summed E-state index contributed by atoms with van der Waals surface area (Å²) in [5.41, 5.74) is 0.303. The van der Waals surface area contributed by atoms with Crippen LogP contribution in [0.1, 0.15) is 18.4 Å². The number of nitrogens with zero attached hydrogens (tertiary/aromatic N) is 2. The Balaban J connectivity index is 2.43. The van der Waals surface area contributed by atoms with Gasteiger partial charge in [0.1, 0.15) is 10.3 Å². The van der Waals surface area contributed by atoms with E-state index < -0.39 is 5.41 Å². The van der Waals surface area contributed by atoms with Gasteiger partial charge in [-0.25, -0.2) is 4.98 Å². The lowest BCUT2D eigenvalue weighted by Gasteiger charge is -2.31. The van der Waals surface area contributed by atoms with Crippen molar-refractivity contribution in [2.45, 2.75) is 18.3 Å². The van der Waals surface area contributed by atoms with Crippen molar-refractivity contribution in [3.8, 4) is 6.07 Å². The Morgan fingerprint density at radius 2 is 1.81 bits per heavy atom. The molecule has 84 valence electrons. The number of hydrogen-bond donors (Lipinski definition) is 0. The molecule has 0 N–H and O–H groups in total. The van der Waals surface area contributed by atoms with Gasteiger partial charge in [0, 0.05) is 13.2 Å². The maximum Gasteiger partial charge on any atom is 0.131 e. The Bertz CT molecular complexity index is 416. The quantitative estimate of drug-likeness (QED) is 0.726. The van der Waals surface area contributed by atoms with E-state index in [9.17, 15) is 5.26 Å². The van der Waals surface area contributed by atoms with Crippen molar-refractivity contribution in [2.75, 3.05) is 13.2 Å². The van der Waals surface area contributed by atoms with E-state index in [1.807, 2.05) is 0 Å². The second kappa shape index (κ2) is 4.58. The number of ether oxygens (including phenoxy) is 1. The van der Waals surface area contributed by atoms with Gasteiger partial charge in [0.2, 0.25) is 0 Å². The third-order valence-corrected chi connectivity index (χ3v) is 3.26. The summed E-state index contributed by atoms with van der Waals surface area (Å²) in [6.45, 7) is 1.18. The van der Waals surface area contributed by atoms with Gasteiger partial charge in [-0.1, -0.05) is 23.2 Å². The molecule has 1 saturated heterocycles. The maximum absolute atomic E-state index is 9.36. The average molecular weight is 257 g/mol. The molecule has 1 aromatic rings. The van der Waals surface area contributed by atoms with Crippen LogP contribution in [0.15, 0.2) is 12.1 Å². The fourth-order valence-corrected chi connectivity index (χ4v) is 2.39. The molecule has 2 heterocycles. The minimum absolute atomic E-state index is 0.323. The van der Waals surface area contributed by atoms with E-state index in [1.165, 1.54) is 0 Å².